The van der Waals surface area contributed by atoms with E-state index in [1.165, 1.54) is 44.5 Å². The normalized spacial score (nSPS) is 15.7. The predicted octanol–water partition coefficient (Wildman–Crippen LogP) is 0.326. The van der Waals surface area contributed by atoms with Gasteiger partial charge in [0.25, 0.3) is 0 Å². The zero-order valence-electron chi connectivity index (χ0n) is 16.5. The molecular formula is C18H26N2O7S. The molecule has 0 aromatic heterocycles. The fraction of sp³-hybridized carbons (Fsp3) is 0.556. The third kappa shape index (κ3) is 5.00. The lowest BCUT2D eigenvalue weighted by Crippen LogP contribution is -2.50. The molecule has 0 atom stereocenters. The zero-order valence-corrected chi connectivity index (χ0v) is 17.3. The fourth-order valence-electron chi connectivity index (χ4n) is 2.84. The summed E-state index contributed by atoms with van der Waals surface area (Å²) in [5.41, 5.74) is -0.716. The van der Waals surface area contributed by atoms with Gasteiger partial charge in [-0.3, -0.25) is 4.79 Å². The largest absolute Gasteiger partial charge is 0.495 e. The number of ether oxygens (including phenoxy) is 3. The number of sulfonamides is 1. The van der Waals surface area contributed by atoms with Gasteiger partial charge in [0.15, 0.2) is 0 Å². The van der Waals surface area contributed by atoms with Crippen molar-refractivity contribution in [3.8, 4) is 5.75 Å². The summed E-state index contributed by atoms with van der Waals surface area (Å²) >= 11 is 0. The summed E-state index contributed by atoms with van der Waals surface area (Å²) in [4.78, 5) is 24.1. The third-order valence-corrected chi connectivity index (χ3v) is 6.25. The van der Waals surface area contributed by atoms with Crippen molar-refractivity contribution < 1.29 is 32.2 Å². The van der Waals surface area contributed by atoms with Gasteiger partial charge in [-0.2, -0.15) is 4.31 Å². The molecule has 0 radical (unpaired) electrons. The zero-order chi connectivity index (χ0) is 20.9. The van der Waals surface area contributed by atoms with E-state index in [9.17, 15) is 18.0 Å². The van der Waals surface area contributed by atoms with Gasteiger partial charge in [-0.25, -0.2) is 13.2 Å². The van der Waals surface area contributed by atoms with Gasteiger partial charge >= 0.3 is 5.97 Å². The molecule has 1 N–H and O–H groups in total. The van der Waals surface area contributed by atoms with Crippen LogP contribution >= 0.6 is 0 Å². The highest BCUT2D eigenvalue weighted by Gasteiger charge is 2.32. The average molecular weight is 414 g/mol. The number of morpholine rings is 1. The summed E-state index contributed by atoms with van der Waals surface area (Å²) in [5, 5.41) is 2.58. The molecule has 1 heterocycles. The van der Waals surface area contributed by atoms with Gasteiger partial charge in [0.2, 0.25) is 15.9 Å². The predicted molar refractivity (Wildman–Crippen MR) is 101 cm³/mol. The first-order valence-corrected chi connectivity index (χ1v) is 10.2. The first kappa shape index (κ1) is 22.1. The molecule has 1 aromatic rings. The lowest BCUT2D eigenvalue weighted by Gasteiger charge is -2.27. The molecule has 1 aromatic carbocycles. The Kier molecular flexibility index (Phi) is 7.02. The molecule has 1 fully saturated rings. The molecule has 156 valence electrons. The lowest BCUT2D eigenvalue weighted by molar-refractivity contribution is -0.149. The van der Waals surface area contributed by atoms with E-state index in [-0.39, 0.29) is 30.2 Å². The second-order valence-corrected chi connectivity index (χ2v) is 8.75. The van der Waals surface area contributed by atoms with Gasteiger partial charge in [0.1, 0.15) is 16.2 Å². The molecule has 0 bridgehead atoms. The number of nitrogens with zero attached hydrogens (tertiary/aromatic N) is 1. The third-order valence-electron chi connectivity index (χ3n) is 4.33. The number of methoxy groups -OCH3 is 2. The smallest absolute Gasteiger partial charge is 0.330 e. The van der Waals surface area contributed by atoms with E-state index in [1.54, 1.807) is 6.07 Å². The van der Waals surface area contributed by atoms with E-state index in [4.69, 9.17) is 9.47 Å². The number of amides is 1. The molecule has 0 saturated carbocycles. The van der Waals surface area contributed by atoms with Crippen LogP contribution in [0.5, 0.6) is 5.75 Å². The van der Waals surface area contributed by atoms with Crippen molar-refractivity contribution in [2.24, 2.45) is 0 Å². The molecule has 28 heavy (non-hydrogen) atoms. The number of nitrogens with one attached hydrogen (secondary N) is 1. The fourth-order valence-corrected chi connectivity index (χ4v) is 4.46. The van der Waals surface area contributed by atoms with Crippen LogP contribution in [0.4, 0.5) is 0 Å². The molecule has 1 aliphatic heterocycles. The van der Waals surface area contributed by atoms with Gasteiger partial charge in [-0.1, -0.05) is 6.07 Å². The Hall–Kier alpha value is -2.17. The summed E-state index contributed by atoms with van der Waals surface area (Å²) in [5.74, 6) is -0.813. The minimum atomic E-state index is -3.79. The van der Waals surface area contributed by atoms with Crippen LogP contribution in [0.25, 0.3) is 0 Å². The van der Waals surface area contributed by atoms with E-state index in [2.05, 4.69) is 10.1 Å². The quantitative estimate of drug-likeness (QED) is 0.640. The first-order valence-electron chi connectivity index (χ1n) is 8.76. The van der Waals surface area contributed by atoms with E-state index in [1.807, 2.05) is 0 Å². The average Bonchev–Trinajstić information content (AvgIpc) is 2.67. The molecule has 2 rings (SSSR count). The maximum Gasteiger partial charge on any atom is 0.330 e. The number of rotatable bonds is 7. The van der Waals surface area contributed by atoms with Crippen LogP contribution in [0.3, 0.4) is 0 Å². The van der Waals surface area contributed by atoms with E-state index in [0.717, 1.165) is 0 Å². The highest BCUT2D eigenvalue weighted by atomic mass is 32.2. The molecule has 1 amide bonds. The van der Waals surface area contributed by atoms with Crippen molar-refractivity contribution in [2.45, 2.75) is 30.7 Å². The van der Waals surface area contributed by atoms with Crippen LogP contribution in [0.15, 0.2) is 23.1 Å². The molecule has 1 aliphatic rings. The number of carbonyl (C=O) groups is 2. The van der Waals surface area contributed by atoms with Gasteiger partial charge in [-0.15, -0.1) is 0 Å². The molecule has 0 aliphatic carbocycles. The number of carbonyl (C=O) groups excluding carboxylic acids is 2. The van der Waals surface area contributed by atoms with Crippen LogP contribution in [0.1, 0.15) is 19.4 Å². The Morgan fingerprint density at radius 2 is 1.86 bits per heavy atom. The van der Waals surface area contributed by atoms with Gasteiger partial charge in [-0.05, 0) is 31.5 Å². The Morgan fingerprint density at radius 3 is 2.43 bits per heavy atom. The number of benzene rings is 1. The molecule has 0 spiro atoms. The highest BCUT2D eigenvalue weighted by Crippen LogP contribution is 2.28. The second-order valence-electron chi connectivity index (χ2n) is 6.84. The van der Waals surface area contributed by atoms with E-state index < -0.39 is 27.4 Å². The highest BCUT2D eigenvalue weighted by molar-refractivity contribution is 7.89. The number of hydrogen-bond donors (Lipinski definition) is 1. The molecule has 9 nitrogen and oxygen atoms in total. The first-order chi connectivity index (χ1) is 13.1. The summed E-state index contributed by atoms with van der Waals surface area (Å²) < 4.78 is 42.4. The minimum absolute atomic E-state index is 0.00516. The van der Waals surface area contributed by atoms with Gasteiger partial charge < -0.3 is 19.5 Å². The topological polar surface area (TPSA) is 111 Å². The monoisotopic (exact) mass is 414 g/mol. The molecular weight excluding hydrogens is 388 g/mol. The lowest BCUT2D eigenvalue weighted by atomic mass is 10.0. The minimum Gasteiger partial charge on any atom is -0.495 e. The van der Waals surface area contributed by atoms with Crippen molar-refractivity contribution in [1.82, 2.24) is 9.62 Å². The van der Waals surface area contributed by atoms with Crippen molar-refractivity contribution in [3.05, 3.63) is 23.8 Å². The van der Waals surface area contributed by atoms with Crippen LogP contribution in [0, 0.1) is 0 Å². The van der Waals surface area contributed by atoms with E-state index >= 15 is 0 Å². The van der Waals surface area contributed by atoms with Crippen molar-refractivity contribution in [2.75, 3.05) is 40.5 Å². The standard InChI is InChI=1S/C18H26N2O7S/c1-18(2,17(22)26-4)19-16(21)12-13-5-6-14(25-3)15(11-13)28(23,24)20-7-9-27-10-8-20/h5-6,11H,7-10,12H2,1-4H3,(H,19,21). The summed E-state index contributed by atoms with van der Waals surface area (Å²) in [7, 11) is -1.17. The summed E-state index contributed by atoms with van der Waals surface area (Å²) in [6.45, 7) is 4.21. The van der Waals surface area contributed by atoms with Crippen LogP contribution < -0.4 is 10.1 Å². The van der Waals surface area contributed by atoms with E-state index in [0.29, 0.717) is 18.8 Å². The SMILES string of the molecule is COC(=O)C(C)(C)NC(=O)Cc1ccc(OC)c(S(=O)(=O)N2CCOCC2)c1. The van der Waals surface area contributed by atoms with Gasteiger partial charge in [0, 0.05) is 13.1 Å². The van der Waals surface area contributed by atoms with Crippen molar-refractivity contribution in [1.29, 1.82) is 0 Å². The Labute approximate surface area is 165 Å². The number of esters is 1. The Balaban J connectivity index is 2.25. The summed E-state index contributed by atoms with van der Waals surface area (Å²) in [6, 6.07) is 4.55. The van der Waals surface area contributed by atoms with Crippen LogP contribution in [-0.2, 0) is 35.5 Å². The summed E-state index contributed by atoms with van der Waals surface area (Å²) in [6.07, 6.45) is -0.101. The van der Waals surface area contributed by atoms with Crippen molar-refractivity contribution >= 4 is 21.9 Å². The molecule has 10 heteroatoms. The molecule has 0 unspecified atom stereocenters. The maximum absolute atomic E-state index is 13.0. The Bertz CT molecular complexity index is 830. The van der Waals surface area contributed by atoms with Gasteiger partial charge in [0.05, 0.1) is 33.9 Å². The maximum atomic E-state index is 13.0. The number of hydrogen-bond acceptors (Lipinski definition) is 7. The van der Waals surface area contributed by atoms with Crippen LogP contribution in [0.2, 0.25) is 0 Å². The van der Waals surface area contributed by atoms with Crippen molar-refractivity contribution in [3.63, 3.8) is 0 Å². The Morgan fingerprint density at radius 1 is 1.21 bits per heavy atom. The second kappa shape index (κ2) is 8.89. The van der Waals surface area contributed by atoms with Crippen LogP contribution in [-0.4, -0.2) is 70.7 Å². The molecule has 1 saturated heterocycles.